The van der Waals surface area contributed by atoms with E-state index in [1.807, 2.05) is 24.3 Å². The molecule has 1 fully saturated rings. The Balaban J connectivity index is 1.66. The molecule has 2 heterocycles. The zero-order valence-corrected chi connectivity index (χ0v) is 9.93. The number of fused-ring (bicyclic) bond motifs is 1. The molecular weight excluding hydrogens is 232 g/mol. The summed E-state index contributed by atoms with van der Waals surface area (Å²) < 4.78 is 5.51. The van der Waals surface area contributed by atoms with Crippen LogP contribution in [0.2, 0.25) is 0 Å². The molecule has 0 bridgehead atoms. The third-order valence-corrected chi connectivity index (χ3v) is 3.44. The highest BCUT2D eigenvalue weighted by atomic mass is 16.5. The van der Waals surface area contributed by atoms with Crippen LogP contribution in [0.25, 0.3) is 0 Å². The average molecular weight is 248 g/mol. The van der Waals surface area contributed by atoms with Gasteiger partial charge in [0.25, 0.3) is 0 Å². The van der Waals surface area contributed by atoms with E-state index in [1.54, 1.807) is 0 Å². The monoisotopic (exact) mass is 248 g/mol. The number of aliphatic hydroxyl groups is 1. The first kappa shape index (κ1) is 11.5. The van der Waals surface area contributed by atoms with E-state index in [4.69, 9.17) is 4.74 Å². The summed E-state index contributed by atoms with van der Waals surface area (Å²) in [5, 5.41) is 15.4. The first-order chi connectivity index (χ1) is 8.74. The number of para-hydroxylation sites is 1. The zero-order valence-electron chi connectivity index (χ0n) is 9.93. The van der Waals surface area contributed by atoms with Gasteiger partial charge in [-0.1, -0.05) is 18.2 Å². The minimum Gasteiger partial charge on any atom is -0.491 e. The first-order valence-corrected chi connectivity index (χ1v) is 6.17. The minimum atomic E-state index is -0.423. The normalized spacial score (nSPS) is 29.7. The van der Waals surface area contributed by atoms with E-state index < -0.39 is 6.10 Å². The van der Waals surface area contributed by atoms with Gasteiger partial charge < -0.3 is 20.5 Å². The average Bonchev–Trinajstić information content (AvgIpc) is 2.97. The van der Waals surface area contributed by atoms with E-state index in [2.05, 4.69) is 10.6 Å². The van der Waals surface area contributed by atoms with Crippen LogP contribution in [-0.4, -0.2) is 36.3 Å². The molecule has 5 nitrogen and oxygen atoms in total. The molecule has 0 radical (unpaired) electrons. The van der Waals surface area contributed by atoms with Gasteiger partial charge in [-0.3, -0.25) is 4.79 Å². The highest BCUT2D eigenvalue weighted by Gasteiger charge is 2.31. The van der Waals surface area contributed by atoms with Gasteiger partial charge in [0, 0.05) is 12.1 Å². The van der Waals surface area contributed by atoms with Crippen LogP contribution in [0.4, 0.5) is 0 Å². The van der Waals surface area contributed by atoms with Crippen molar-refractivity contribution in [3.05, 3.63) is 29.8 Å². The van der Waals surface area contributed by atoms with Gasteiger partial charge in [0.15, 0.2) is 0 Å². The largest absolute Gasteiger partial charge is 0.491 e. The van der Waals surface area contributed by atoms with Crippen molar-refractivity contribution in [3.63, 3.8) is 0 Å². The highest BCUT2D eigenvalue weighted by Crippen LogP contribution is 2.31. The molecule has 0 aromatic heterocycles. The number of ether oxygens (including phenoxy) is 1. The van der Waals surface area contributed by atoms with Gasteiger partial charge in [0.05, 0.1) is 18.2 Å². The second-order valence-electron chi connectivity index (χ2n) is 4.76. The van der Waals surface area contributed by atoms with Crippen LogP contribution in [0.3, 0.4) is 0 Å². The lowest BCUT2D eigenvalue weighted by Gasteiger charge is -2.15. The smallest absolute Gasteiger partial charge is 0.237 e. The minimum absolute atomic E-state index is 0.0724. The van der Waals surface area contributed by atoms with Crippen LogP contribution in [0, 0.1) is 0 Å². The summed E-state index contributed by atoms with van der Waals surface area (Å²) in [7, 11) is 0. The first-order valence-electron chi connectivity index (χ1n) is 6.17. The van der Waals surface area contributed by atoms with E-state index in [1.165, 1.54) is 0 Å². The van der Waals surface area contributed by atoms with Crippen molar-refractivity contribution in [2.75, 3.05) is 13.2 Å². The van der Waals surface area contributed by atoms with E-state index in [0.717, 1.165) is 11.3 Å². The summed E-state index contributed by atoms with van der Waals surface area (Å²) in [5.41, 5.74) is 1.02. The molecule has 0 spiro atoms. The summed E-state index contributed by atoms with van der Waals surface area (Å²) >= 11 is 0. The number of hydrogen-bond acceptors (Lipinski definition) is 4. The van der Waals surface area contributed by atoms with Crippen LogP contribution in [0.15, 0.2) is 24.3 Å². The Kier molecular flexibility index (Phi) is 2.93. The predicted octanol–water partition coefficient (Wildman–Crippen LogP) is -0.0409. The number of hydrogen-bond donors (Lipinski definition) is 3. The lowest BCUT2D eigenvalue weighted by atomic mass is 10.1. The molecule has 0 aliphatic carbocycles. The maximum Gasteiger partial charge on any atom is 0.237 e. The second-order valence-corrected chi connectivity index (χ2v) is 4.76. The van der Waals surface area contributed by atoms with Crippen molar-refractivity contribution in [3.8, 4) is 5.75 Å². The van der Waals surface area contributed by atoms with Crippen molar-refractivity contribution in [1.29, 1.82) is 0 Å². The molecule has 2 aliphatic heterocycles. The molecule has 3 rings (SSSR count). The van der Waals surface area contributed by atoms with Crippen LogP contribution in [0.5, 0.6) is 5.75 Å². The molecule has 96 valence electrons. The number of carbonyl (C=O) groups excluding carboxylic acids is 1. The third kappa shape index (κ3) is 2.07. The van der Waals surface area contributed by atoms with Gasteiger partial charge in [-0.15, -0.1) is 0 Å². The van der Waals surface area contributed by atoms with Gasteiger partial charge in [-0.2, -0.15) is 0 Å². The van der Waals surface area contributed by atoms with E-state index in [0.29, 0.717) is 19.6 Å². The Morgan fingerprint density at radius 2 is 2.28 bits per heavy atom. The molecule has 2 aliphatic rings. The standard InChI is InChI=1S/C13H16N2O3/c16-8-5-10(14-6-8)13(17)15-11-7-18-12-4-2-1-3-9(11)12/h1-4,8,10-11,14,16H,5-7H2,(H,15,17)/t8-,10-,11+/m0/s1. The summed E-state index contributed by atoms with van der Waals surface area (Å²) in [6.45, 7) is 0.955. The topological polar surface area (TPSA) is 70.6 Å². The van der Waals surface area contributed by atoms with E-state index in [9.17, 15) is 9.90 Å². The Morgan fingerprint density at radius 3 is 3.06 bits per heavy atom. The van der Waals surface area contributed by atoms with Crippen molar-refractivity contribution in [2.24, 2.45) is 0 Å². The summed E-state index contributed by atoms with van der Waals surface area (Å²) in [6.07, 6.45) is 0.0500. The Hall–Kier alpha value is -1.59. The molecule has 5 heteroatoms. The van der Waals surface area contributed by atoms with Crippen molar-refractivity contribution < 1.29 is 14.6 Å². The van der Waals surface area contributed by atoms with Crippen LogP contribution >= 0.6 is 0 Å². The van der Waals surface area contributed by atoms with Gasteiger partial charge in [0.1, 0.15) is 12.4 Å². The fourth-order valence-electron chi connectivity index (χ4n) is 2.47. The zero-order chi connectivity index (χ0) is 12.5. The maximum atomic E-state index is 12.0. The van der Waals surface area contributed by atoms with Gasteiger partial charge >= 0.3 is 0 Å². The van der Waals surface area contributed by atoms with Gasteiger partial charge in [-0.05, 0) is 12.5 Å². The number of rotatable bonds is 2. The molecule has 1 amide bonds. The number of β-amino-alcohol motifs (C(OH)–C–C–N with tert-alkyl or cyclic N) is 1. The fourth-order valence-corrected chi connectivity index (χ4v) is 2.47. The molecular formula is C13H16N2O3. The molecule has 3 atom stereocenters. The van der Waals surface area contributed by atoms with Crippen molar-refractivity contribution in [1.82, 2.24) is 10.6 Å². The molecule has 0 unspecified atom stereocenters. The lowest BCUT2D eigenvalue weighted by molar-refractivity contribution is -0.123. The summed E-state index contributed by atoms with van der Waals surface area (Å²) in [4.78, 5) is 12.0. The molecule has 18 heavy (non-hydrogen) atoms. The summed E-state index contributed by atoms with van der Waals surface area (Å²) in [5.74, 6) is 0.763. The van der Waals surface area contributed by atoms with Crippen molar-refractivity contribution >= 4 is 5.91 Å². The van der Waals surface area contributed by atoms with E-state index in [-0.39, 0.29) is 18.0 Å². The summed E-state index contributed by atoms with van der Waals surface area (Å²) in [6, 6.07) is 7.33. The third-order valence-electron chi connectivity index (χ3n) is 3.44. The number of carbonyl (C=O) groups is 1. The Bertz CT molecular complexity index is 463. The fraction of sp³-hybridized carbons (Fsp3) is 0.462. The van der Waals surface area contributed by atoms with E-state index >= 15 is 0 Å². The number of aliphatic hydroxyl groups excluding tert-OH is 1. The Labute approximate surface area is 105 Å². The molecule has 1 saturated heterocycles. The second kappa shape index (κ2) is 4.59. The quantitative estimate of drug-likeness (QED) is 0.687. The van der Waals surface area contributed by atoms with Crippen molar-refractivity contribution in [2.45, 2.75) is 24.6 Å². The maximum absolute atomic E-state index is 12.0. The number of nitrogens with one attached hydrogen (secondary N) is 2. The molecule has 1 aromatic rings. The molecule has 0 saturated carbocycles. The molecule has 3 N–H and O–H groups in total. The highest BCUT2D eigenvalue weighted by molar-refractivity contribution is 5.82. The number of benzene rings is 1. The van der Waals surface area contributed by atoms with Crippen LogP contribution < -0.4 is 15.4 Å². The van der Waals surface area contributed by atoms with Crippen LogP contribution in [0.1, 0.15) is 18.0 Å². The predicted molar refractivity (Wildman–Crippen MR) is 65.2 cm³/mol. The number of amides is 1. The Morgan fingerprint density at radius 1 is 1.44 bits per heavy atom. The lowest BCUT2D eigenvalue weighted by Crippen LogP contribution is -2.42. The van der Waals surface area contributed by atoms with Crippen LogP contribution in [-0.2, 0) is 4.79 Å². The SMILES string of the molecule is O=C(N[C@@H]1COc2ccccc21)[C@@H]1C[C@H](O)CN1. The van der Waals surface area contributed by atoms with Gasteiger partial charge in [0.2, 0.25) is 5.91 Å². The molecule has 1 aromatic carbocycles. The van der Waals surface area contributed by atoms with Gasteiger partial charge in [-0.25, -0.2) is 0 Å².